The fourth-order valence-electron chi connectivity index (χ4n) is 0.520. The molecule has 0 bridgehead atoms. The molecule has 64 valence electrons. The lowest BCUT2D eigenvalue weighted by molar-refractivity contribution is 0.192. The summed E-state index contributed by atoms with van der Waals surface area (Å²) in [6.45, 7) is 2.49. The van der Waals surface area contributed by atoms with Crippen LogP contribution in [0.5, 0.6) is 0 Å². The van der Waals surface area contributed by atoms with Gasteiger partial charge >= 0.3 is 12.1 Å². The lowest BCUT2D eigenvalue weighted by atomic mass is 10.3. The SMILES string of the molecule is CCCCNC(=O)NC(=O)O. The summed E-state index contributed by atoms with van der Waals surface area (Å²) in [5.74, 6) is 0. The predicted octanol–water partition coefficient (Wildman–Crippen LogP) is 0.764. The minimum Gasteiger partial charge on any atom is -0.465 e. The van der Waals surface area contributed by atoms with Crippen LogP contribution >= 0.6 is 0 Å². The van der Waals surface area contributed by atoms with Crippen LogP contribution in [0.2, 0.25) is 0 Å². The zero-order chi connectivity index (χ0) is 8.69. The molecule has 0 rings (SSSR count). The van der Waals surface area contributed by atoms with E-state index in [9.17, 15) is 9.59 Å². The molecule has 0 aliphatic heterocycles. The molecule has 0 unspecified atom stereocenters. The van der Waals surface area contributed by atoms with Crippen LogP contribution in [0.15, 0.2) is 0 Å². The van der Waals surface area contributed by atoms with Crippen molar-refractivity contribution < 1.29 is 14.7 Å². The number of amides is 3. The number of unbranched alkanes of at least 4 members (excludes halogenated alkanes) is 1. The lowest BCUT2D eigenvalue weighted by Gasteiger charge is -2.01. The predicted molar refractivity (Wildman–Crippen MR) is 39.5 cm³/mol. The van der Waals surface area contributed by atoms with Gasteiger partial charge in [-0.1, -0.05) is 13.3 Å². The number of hydrogen-bond acceptors (Lipinski definition) is 2. The average Bonchev–Trinajstić information content (AvgIpc) is 1.86. The van der Waals surface area contributed by atoms with Crippen molar-refractivity contribution in [2.75, 3.05) is 6.54 Å². The highest BCUT2D eigenvalue weighted by Gasteiger charge is 2.01. The minimum absolute atomic E-state index is 0.510. The molecule has 0 aromatic carbocycles. The van der Waals surface area contributed by atoms with Crippen LogP contribution in [0.3, 0.4) is 0 Å². The van der Waals surface area contributed by atoms with Gasteiger partial charge in [0.15, 0.2) is 0 Å². The normalized spacial score (nSPS) is 8.82. The Morgan fingerprint density at radius 3 is 2.55 bits per heavy atom. The van der Waals surface area contributed by atoms with Crippen LogP contribution in [0, 0.1) is 0 Å². The molecule has 0 aliphatic carbocycles. The summed E-state index contributed by atoms with van der Waals surface area (Å²) < 4.78 is 0. The number of nitrogens with one attached hydrogen (secondary N) is 2. The Labute approximate surface area is 64.8 Å². The zero-order valence-corrected chi connectivity index (χ0v) is 6.39. The molecule has 3 N–H and O–H groups in total. The van der Waals surface area contributed by atoms with Crippen molar-refractivity contribution in [1.82, 2.24) is 10.6 Å². The molecular weight excluding hydrogens is 148 g/mol. The Morgan fingerprint density at radius 1 is 1.45 bits per heavy atom. The molecule has 0 radical (unpaired) electrons. The van der Waals surface area contributed by atoms with Crippen LogP contribution < -0.4 is 10.6 Å². The third kappa shape index (κ3) is 6.63. The highest BCUT2D eigenvalue weighted by atomic mass is 16.4. The van der Waals surface area contributed by atoms with Crippen LogP contribution in [0.25, 0.3) is 0 Å². The van der Waals surface area contributed by atoms with Gasteiger partial charge in [0.25, 0.3) is 0 Å². The molecule has 0 spiro atoms. The Bertz CT molecular complexity index is 147. The quantitative estimate of drug-likeness (QED) is 0.533. The number of urea groups is 1. The van der Waals surface area contributed by atoms with Crippen LogP contribution in [0.4, 0.5) is 9.59 Å². The first-order chi connectivity index (χ1) is 5.16. The van der Waals surface area contributed by atoms with E-state index in [0.29, 0.717) is 6.54 Å². The number of rotatable bonds is 3. The monoisotopic (exact) mass is 160 g/mol. The maximum absolute atomic E-state index is 10.5. The molecule has 5 nitrogen and oxygen atoms in total. The van der Waals surface area contributed by atoms with Gasteiger partial charge in [0.2, 0.25) is 0 Å². The maximum atomic E-state index is 10.5. The van der Waals surface area contributed by atoms with Crippen LogP contribution in [0.1, 0.15) is 19.8 Å². The smallest absolute Gasteiger partial charge is 0.412 e. The number of imide groups is 1. The maximum Gasteiger partial charge on any atom is 0.412 e. The van der Waals surface area contributed by atoms with Gasteiger partial charge in [0.1, 0.15) is 0 Å². The molecule has 0 aromatic heterocycles. The van der Waals surface area contributed by atoms with Gasteiger partial charge in [-0.05, 0) is 6.42 Å². The van der Waals surface area contributed by atoms with Gasteiger partial charge in [-0.3, -0.25) is 0 Å². The van der Waals surface area contributed by atoms with Crippen molar-refractivity contribution in [3.8, 4) is 0 Å². The van der Waals surface area contributed by atoms with Crippen molar-refractivity contribution in [1.29, 1.82) is 0 Å². The summed E-state index contributed by atoms with van der Waals surface area (Å²) in [5.41, 5.74) is 0. The van der Waals surface area contributed by atoms with Crippen molar-refractivity contribution >= 4 is 12.1 Å². The summed E-state index contributed by atoms with van der Waals surface area (Å²) in [6, 6.07) is -0.661. The molecule has 3 amide bonds. The van der Waals surface area contributed by atoms with Crippen molar-refractivity contribution in [3.05, 3.63) is 0 Å². The number of carbonyl (C=O) groups is 2. The summed E-state index contributed by atoms with van der Waals surface area (Å²) in [4.78, 5) is 20.4. The summed E-state index contributed by atoms with van der Waals surface area (Å²) >= 11 is 0. The fourth-order valence-corrected chi connectivity index (χ4v) is 0.520. The lowest BCUT2D eigenvalue weighted by Crippen LogP contribution is -2.38. The molecule has 0 atom stereocenters. The number of carboxylic acid groups (broad SMARTS) is 1. The highest BCUT2D eigenvalue weighted by Crippen LogP contribution is 1.81. The van der Waals surface area contributed by atoms with E-state index in [-0.39, 0.29) is 0 Å². The van der Waals surface area contributed by atoms with Gasteiger partial charge in [-0.25, -0.2) is 14.9 Å². The van der Waals surface area contributed by atoms with E-state index in [1.165, 1.54) is 0 Å². The second kappa shape index (κ2) is 5.52. The third-order valence-electron chi connectivity index (χ3n) is 1.04. The summed E-state index contributed by atoms with van der Waals surface area (Å²) in [6.07, 6.45) is 0.486. The number of carbonyl (C=O) groups excluding carboxylic acids is 1. The first kappa shape index (κ1) is 9.74. The third-order valence-corrected chi connectivity index (χ3v) is 1.04. The molecule has 0 fully saturated rings. The first-order valence-corrected chi connectivity index (χ1v) is 3.44. The van der Waals surface area contributed by atoms with Crippen molar-refractivity contribution in [2.24, 2.45) is 0 Å². The van der Waals surface area contributed by atoms with Gasteiger partial charge in [-0.2, -0.15) is 0 Å². The Balaban J connectivity index is 3.30. The topological polar surface area (TPSA) is 78.4 Å². The van der Waals surface area contributed by atoms with E-state index >= 15 is 0 Å². The second-order valence-corrected chi connectivity index (χ2v) is 2.04. The fraction of sp³-hybridized carbons (Fsp3) is 0.667. The molecule has 5 heteroatoms. The zero-order valence-electron chi connectivity index (χ0n) is 6.39. The van der Waals surface area contributed by atoms with E-state index in [0.717, 1.165) is 12.8 Å². The van der Waals surface area contributed by atoms with E-state index in [1.807, 2.05) is 6.92 Å². The first-order valence-electron chi connectivity index (χ1n) is 3.44. The van der Waals surface area contributed by atoms with E-state index in [1.54, 1.807) is 5.32 Å². The second-order valence-electron chi connectivity index (χ2n) is 2.04. The molecular formula is C6H12N2O3. The molecule has 0 heterocycles. The van der Waals surface area contributed by atoms with Crippen LogP contribution in [-0.4, -0.2) is 23.8 Å². The molecule has 11 heavy (non-hydrogen) atoms. The van der Waals surface area contributed by atoms with Crippen molar-refractivity contribution in [3.63, 3.8) is 0 Å². The molecule has 0 saturated carbocycles. The van der Waals surface area contributed by atoms with Gasteiger partial charge < -0.3 is 10.4 Å². The average molecular weight is 160 g/mol. The standard InChI is InChI=1S/C6H12N2O3/c1-2-3-4-7-5(9)8-6(10)11/h2-4H2,1H3,(H,10,11)(H2,7,8,9). The van der Waals surface area contributed by atoms with Crippen LogP contribution in [-0.2, 0) is 0 Å². The summed E-state index contributed by atoms with van der Waals surface area (Å²) in [5, 5.41) is 12.1. The van der Waals surface area contributed by atoms with Gasteiger partial charge in [0.05, 0.1) is 0 Å². The van der Waals surface area contributed by atoms with Gasteiger partial charge in [-0.15, -0.1) is 0 Å². The molecule has 0 saturated heterocycles. The molecule has 0 aliphatic rings. The largest absolute Gasteiger partial charge is 0.465 e. The van der Waals surface area contributed by atoms with Crippen molar-refractivity contribution in [2.45, 2.75) is 19.8 Å². The Kier molecular flexibility index (Phi) is 4.89. The minimum atomic E-state index is -1.33. The van der Waals surface area contributed by atoms with E-state index in [4.69, 9.17) is 5.11 Å². The van der Waals surface area contributed by atoms with E-state index in [2.05, 4.69) is 5.32 Å². The number of hydrogen-bond donors (Lipinski definition) is 3. The molecule has 0 aromatic rings. The van der Waals surface area contributed by atoms with E-state index < -0.39 is 12.1 Å². The Hall–Kier alpha value is -1.26. The Morgan fingerprint density at radius 2 is 2.09 bits per heavy atom. The summed E-state index contributed by atoms with van der Waals surface area (Å²) in [7, 11) is 0. The van der Waals surface area contributed by atoms with Gasteiger partial charge in [0, 0.05) is 6.54 Å². The highest BCUT2D eigenvalue weighted by molar-refractivity contribution is 5.89.